The molecule has 2 fully saturated rings. The molecule has 0 N–H and O–H groups in total. The Hall–Kier alpha value is -1.06. The molecule has 2 bridgehead atoms. The molecule has 0 spiro atoms. The zero-order valence-electron chi connectivity index (χ0n) is 6.34. The Morgan fingerprint density at radius 1 is 1.09 bits per heavy atom. The molecule has 0 aromatic rings. The number of rotatable bonds is 0. The van der Waals surface area contributed by atoms with Crippen molar-refractivity contribution in [2.24, 2.45) is 0 Å². The average Bonchev–Trinajstić information content (AvgIpc) is 2.15. The molecule has 0 saturated carbocycles. The molecular weight excluding hydrogens is 148 g/mol. The van der Waals surface area contributed by atoms with Crippen LogP contribution >= 0.6 is 0 Å². The number of fused-ring (bicyclic) bond motifs is 2. The molecule has 2 heterocycles. The van der Waals surface area contributed by atoms with Gasteiger partial charge in [0, 0.05) is 6.42 Å². The second kappa shape index (κ2) is 1.42. The minimum atomic E-state index is -1.01. The molecule has 2 atom stereocenters. The van der Waals surface area contributed by atoms with Crippen molar-refractivity contribution >= 4 is 11.9 Å². The molecule has 4 heteroatoms. The zero-order chi connectivity index (χ0) is 8.28. The summed E-state index contributed by atoms with van der Waals surface area (Å²) < 4.78 is 9.70. The van der Waals surface area contributed by atoms with Crippen LogP contribution in [0.1, 0.15) is 20.3 Å². The van der Waals surface area contributed by atoms with Crippen LogP contribution < -0.4 is 0 Å². The van der Waals surface area contributed by atoms with Gasteiger partial charge in [0.15, 0.2) is 0 Å². The number of carbonyl (C=O) groups excluding carboxylic acids is 2. The Kier molecular flexibility index (Phi) is 0.855. The van der Waals surface area contributed by atoms with Gasteiger partial charge in [-0.05, 0) is 13.8 Å². The van der Waals surface area contributed by atoms with Crippen molar-refractivity contribution in [2.45, 2.75) is 31.5 Å². The first-order valence-corrected chi connectivity index (χ1v) is 3.43. The van der Waals surface area contributed by atoms with E-state index in [0.29, 0.717) is 6.42 Å². The summed E-state index contributed by atoms with van der Waals surface area (Å²) in [6, 6.07) is 0. The predicted octanol–water partition coefficient (Wildman–Crippen LogP) is 0.00750. The standard InChI is InChI=1S/C7H8O4/c1-6-3-7(2,5(9)10-6)11-4(6)8/h3H2,1-2H3/t6-,7-/m0/s1. The number of hydrogen-bond acceptors (Lipinski definition) is 4. The quantitative estimate of drug-likeness (QED) is 0.463. The minimum Gasteiger partial charge on any atom is -0.444 e. The third-order valence-corrected chi connectivity index (χ3v) is 2.17. The number of ether oxygens (including phenoxy) is 2. The van der Waals surface area contributed by atoms with E-state index in [1.165, 1.54) is 0 Å². The van der Waals surface area contributed by atoms with E-state index in [2.05, 4.69) is 0 Å². The van der Waals surface area contributed by atoms with E-state index >= 15 is 0 Å². The molecule has 0 aromatic heterocycles. The van der Waals surface area contributed by atoms with Crippen molar-refractivity contribution in [3.05, 3.63) is 0 Å². The summed E-state index contributed by atoms with van der Waals surface area (Å²) in [6.45, 7) is 3.15. The van der Waals surface area contributed by atoms with Crippen LogP contribution in [0.2, 0.25) is 0 Å². The molecule has 11 heavy (non-hydrogen) atoms. The van der Waals surface area contributed by atoms with Gasteiger partial charge in [-0.15, -0.1) is 0 Å². The first-order chi connectivity index (χ1) is 4.96. The van der Waals surface area contributed by atoms with Crippen molar-refractivity contribution < 1.29 is 19.1 Å². The maximum Gasteiger partial charge on any atom is 0.351 e. The summed E-state index contributed by atoms with van der Waals surface area (Å²) in [6.07, 6.45) is 0.345. The SMILES string of the molecule is C[C@]12C[C@](C)(OC1=O)C(=O)O2. The summed E-state index contributed by atoms with van der Waals surface area (Å²) in [4.78, 5) is 22.0. The lowest BCUT2D eigenvalue weighted by atomic mass is 9.98. The third kappa shape index (κ3) is 0.593. The Bertz CT molecular complexity index is 233. The molecule has 0 amide bonds. The van der Waals surface area contributed by atoms with E-state index in [1.54, 1.807) is 13.8 Å². The summed E-state index contributed by atoms with van der Waals surface area (Å²) in [5.74, 6) is -0.862. The van der Waals surface area contributed by atoms with E-state index in [4.69, 9.17) is 9.47 Å². The van der Waals surface area contributed by atoms with Crippen molar-refractivity contribution in [1.29, 1.82) is 0 Å². The molecule has 4 nitrogen and oxygen atoms in total. The molecule has 2 aliphatic heterocycles. The van der Waals surface area contributed by atoms with E-state index < -0.39 is 23.1 Å². The average molecular weight is 156 g/mol. The van der Waals surface area contributed by atoms with Crippen LogP contribution in [0.15, 0.2) is 0 Å². The van der Waals surface area contributed by atoms with E-state index in [1.807, 2.05) is 0 Å². The van der Waals surface area contributed by atoms with Crippen molar-refractivity contribution in [1.82, 2.24) is 0 Å². The summed E-state index contributed by atoms with van der Waals surface area (Å²) in [7, 11) is 0. The minimum absolute atomic E-state index is 0.345. The van der Waals surface area contributed by atoms with Gasteiger partial charge in [0.1, 0.15) is 0 Å². The van der Waals surface area contributed by atoms with Gasteiger partial charge in [-0.1, -0.05) is 0 Å². The van der Waals surface area contributed by atoms with Gasteiger partial charge in [0.25, 0.3) is 0 Å². The zero-order valence-corrected chi connectivity index (χ0v) is 6.34. The maximum atomic E-state index is 11.0. The second-order valence-corrected chi connectivity index (χ2v) is 3.42. The molecule has 2 aliphatic rings. The van der Waals surface area contributed by atoms with Crippen LogP contribution in [0.5, 0.6) is 0 Å². The lowest BCUT2D eigenvalue weighted by Crippen LogP contribution is -2.40. The van der Waals surface area contributed by atoms with Crippen LogP contribution in [0.3, 0.4) is 0 Å². The smallest absolute Gasteiger partial charge is 0.351 e. The van der Waals surface area contributed by atoms with Crippen molar-refractivity contribution in [3.63, 3.8) is 0 Å². The normalized spacial score (nSPS) is 47.5. The monoisotopic (exact) mass is 156 g/mol. The Morgan fingerprint density at radius 2 is 1.45 bits per heavy atom. The molecule has 0 unspecified atom stereocenters. The Balaban J connectivity index is 2.45. The van der Waals surface area contributed by atoms with Crippen LogP contribution in [0.4, 0.5) is 0 Å². The predicted molar refractivity (Wildman–Crippen MR) is 33.6 cm³/mol. The Morgan fingerprint density at radius 3 is 1.64 bits per heavy atom. The fraction of sp³-hybridized carbons (Fsp3) is 0.714. The molecule has 0 aliphatic carbocycles. The highest BCUT2D eigenvalue weighted by Gasteiger charge is 2.65. The largest absolute Gasteiger partial charge is 0.444 e. The van der Waals surface area contributed by atoms with Crippen molar-refractivity contribution in [2.75, 3.05) is 0 Å². The van der Waals surface area contributed by atoms with Gasteiger partial charge in [0.05, 0.1) is 0 Å². The second-order valence-electron chi connectivity index (χ2n) is 3.42. The van der Waals surface area contributed by atoms with Gasteiger partial charge in [-0.3, -0.25) is 0 Å². The first-order valence-electron chi connectivity index (χ1n) is 3.43. The van der Waals surface area contributed by atoms with Crippen LogP contribution in [0, 0.1) is 0 Å². The van der Waals surface area contributed by atoms with Crippen LogP contribution in [-0.4, -0.2) is 23.1 Å². The van der Waals surface area contributed by atoms with Gasteiger partial charge in [-0.2, -0.15) is 0 Å². The van der Waals surface area contributed by atoms with Gasteiger partial charge >= 0.3 is 11.9 Å². The lowest BCUT2D eigenvalue weighted by molar-refractivity contribution is -0.191. The molecule has 2 saturated heterocycles. The summed E-state index contributed by atoms with van der Waals surface area (Å²) in [5, 5.41) is 0. The van der Waals surface area contributed by atoms with E-state index in [-0.39, 0.29) is 0 Å². The van der Waals surface area contributed by atoms with Gasteiger partial charge < -0.3 is 9.47 Å². The third-order valence-electron chi connectivity index (χ3n) is 2.17. The highest BCUT2D eigenvalue weighted by atomic mass is 16.7. The van der Waals surface area contributed by atoms with E-state index in [0.717, 1.165) is 0 Å². The molecule has 60 valence electrons. The van der Waals surface area contributed by atoms with Crippen molar-refractivity contribution in [3.8, 4) is 0 Å². The van der Waals surface area contributed by atoms with Gasteiger partial charge in [-0.25, -0.2) is 9.59 Å². The lowest BCUT2D eigenvalue weighted by Gasteiger charge is -2.21. The molecular formula is C7H8O4. The van der Waals surface area contributed by atoms with Gasteiger partial charge in [0.2, 0.25) is 11.2 Å². The van der Waals surface area contributed by atoms with Crippen LogP contribution in [0.25, 0.3) is 0 Å². The van der Waals surface area contributed by atoms with E-state index in [9.17, 15) is 9.59 Å². The summed E-state index contributed by atoms with van der Waals surface area (Å²) >= 11 is 0. The topological polar surface area (TPSA) is 52.6 Å². The van der Waals surface area contributed by atoms with Crippen LogP contribution in [-0.2, 0) is 19.1 Å². The molecule has 0 aromatic carbocycles. The number of esters is 2. The number of carbonyl (C=O) groups is 2. The highest BCUT2D eigenvalue weighted by molar-refractivity contribution is 5.97. The fourth-order valence-corrected chi connectivity index (χ4v) is 1.57. The maximum absolute atomic E-state index is 11.0. The number of hydrogen-bond donors (Lipinski definition) is 0. The molecule has 0 radical (unpaired) electrons. The first kappa shape index (κ1) is 6.64. The molecule has 2 rings (SSSR count). The Labute approximate surface area is 63.5 Å². The fourth-order valence-electron chi connectivity index (χ4n) is 1.57. The summed E-state index contributed by atoms with van der Waals surface area (Å²) in [5.41, 5.74) is -2.02. The highest BCUT2D eigenvalue weighted by Crippen LogP contribution is 2.44.